The van der Waals surface area contributed by atoms with Crippen LogP contribution in [0.3, 0.4) is 0 Å². The molecule has 0 unspecified atom stereocenters. The van der Waals surface area contributed by atoms with Crippen molar-refractivity contribution in [2.24, 2.45) is 0 Å². The molecule has 3 aromatic rings. The van der Waals surface area contributed by atoms with Crippen molar-refractivity contribution in [1.29, 1.82) is 0 Å². The molecule has 0 N–H and O–H groups in total. The molecule has 5 heteroatoms. The second kappa shape index (κ2) is 7.45. The normalized spacial score (nSPS) is 15.6. The van der Waals surface area contributed by atoms with E-state index in [-0.39, 0.29) is 11.7 Å². The first-order valence-corrected chi connectivity index (χ1v) is 11.1. The summed E-state index contributed by atoms with van der Waals surface area (Å²) in [5.74, 6) is 0.880. The highest BCUT2D eigenvalue weighted by molar-refractivity contribution is 6.14. The van der Waals surface area contributed by atoms with Crippen molar-refractivity contribution in [3.8, 4) is 11.5 Å². The summed E-state index contributed by atoms with van der Waals surface area (Å²) >= 11 is 0. The van der Waals surface area contributed by atoms with Crippen LogP contribution < -0.4 is 9.64 Å². The largest absolute Gasteiger partial charge is 0.457 e. The molecule has 0 aromatic heterocycles. The maximum absolute atomic E-state index is 14.7. The third kappa shape index (κ3) is 2.81. The molecule has 0 saturated carbocycles. The van der Waals surface area contributed by atoms with Crippen LogP contribution in [0.25, 0.3) is 0 Å². The molecule has 164 valence electrons. The second-order valence-corrected chi connectivity index (χ2v) is 8.69. The number of rotatable bonds is 4. The molecule has 1 spiro atoms. The van der Waals surface area contributed by atoms with Crippen LogP contribution in [0.5, 0.6) is 11.5 Å². The molecule has 0 atom stereocenters. The molecule has 4 nitrogen and oxygen atoms in total. The highest BCUT2D eigenvalue weighted by Crippen LogP contribution is 2.58. The zero-order chi connectivity index (χ0) is 22.6. The van der Waals surface area contributed by atoms with E-state index >= 15 is 0 Å². The molecule has 32 heavy (non-hydrogen) atoms. The fourth-order valence-corrected chi connectivity index (χ4v) is 5.07. The number of anilines is 1. The summed E-state index contributed by atoms with van der Waals surface area (Å²) < 4.78 is 21.0. The molecule has 0 aliphatic carbocycles. The van der Waals surface area contributed by atoms with Gasteiger partial charge in [-0.25, -0.2) is 4.39 Å². The fraction of sp³-hybridized carbons (Fsp3) is 0.296. The molecule has 3 aromatic carbocycles. The van der Waals surface area contributed by atoms with Gasteiger partial charge < -0.3 is 4.74 Å². The smallest absolute Gasteiger partial charge is 0.248 e. The van der Waals surface area contributed by atoms with Gasteiger partial charge in [-0.05, 0) is 68.4 Å². The lowest BCUT2D eigenvalue weighted by Crippen LogP contribution is -2.47. The lowest BCUT2D eigenvalue weighted by Gasteiger charge is -2.37. The molecule has 5 rings (SSSR count). The number of nitrogens with zero attached hydrogens (tertiary/aromatic N) is 2. The van der Waals surface area contributed by atoms with Gasteiger partial charge in [0, 0.05) is 16.7 Å². The number of ether oxygens (including phenoxy) is 1. The average molecular weight is 431 g/mol. The molecule has 0 fully saturated rings. The summed E-state index contributed by atoms with van der Waals surface area (Å²) in [4.78, 5) is 18.4. The van der Waals surface area contributed by atoms with Crippen molar-refractivity contribution in [3.63, 3.8) is 0 Å². The van der Waals surface area contributed by atoms with E-state index in [1.165, 1.54) is 12.1 Å². The van der Waals surface area contributed by atoms with E-state index in [1.807, 2.05) is 50.2 Å². The van der Waals surface area contributed by atoms with E-state index in [9.17, 15) is 9.18 Å². The van der Waals surface area contributed by atoms with Crippen LogP contribution in [-0.4, -0.2) is 30.6 Å². The minimum Gasteiger partial charge on any atom is -0.457 e. The average Bonchev–Trinajstić information content (AvgIpc) is 3.00. The number of amides is 1. The highest BCUT2D eigenvalue weighted by atomic mass is 19.1. The zero-order valence-electron chi connectivity index (χ0n) is 18.9. The SMILES string of the molecule is CCN(CC)CN1C(=O)C2(c3ccc(C)cc3Oc3cc(C)ccc32)c2cc(F)ccc21. The van der Waals surface area contributed by atoms with Crippen LogP contribution in [0.1, 0.15) is 41.7 Å². The van der Waals surface area contributed by atoms with Gasteiger partial charge in [-0.15, -0.1) is 0 Å². The summed E-state index contributed by atoms with van der Waals surface area (Å²) in [5, 5.41) is 0. The van der Waals surface area contributed by atoms with Crippen molar-refractivity contribution >= 4 is 11.6 Å². The first-order valence-electron chi connectivity index (χ1n) is 11.1. The van der Waals surface area contributed by atoms with Gasteiger partial charge in [0.1, 0.15) is 22.7 Å². The van der Waals surface area contributed by atoms with Gasteiger partial charge in [0.05, 0.1) is 12.4 Å². The molecule has 2 aliphatic heterocycles. The van der Waals surface area contributed by atoms with Crippen LogP contribution in [0.4, 0.5) is 10.1 Å². The maximum Gasteiger partial charge on any atom is 0.248 e. The summed E-state index contributed by atoms with van der Waals surface area (Å²) in [6.45, 7) is 10.2. The summed E-state index contributed by atoms with van der Waals surface area (Å²) in [7, 11) is 0. The molecule has 0 bridgehead atoms. The van der Waals surface area contributed by atoms with Crippen molar-refractivity contribution in [2.75, 3.05) is 24.7 Å². The minimum atomic E-state index is -1.14. The van der Waals surface area contributed by atoms with E-state index in [1.54, 1.807) is 11.0 Å². The van der Waals surface area contributed by atoms with Crippen molar-refractivity contribution < 1.29 is 13.9 Å². The van der Waals surface area contributed by atoms with Crippen LogP contribution >= 0.6 is 0 Å². The van der Waals surface area contributed by atoms with Crippen molar-refractivity contribution in [2.45, 2.75) is 33.1 Å². The van der Waals surface area contributed by atoms with Gasteiger partial charge in [0.25, 0.3) is 0 Å². The number of hydrogen-bond acceptors (Lipinski definition) is 3. The van der Waals surface area contributed by atoms with E-state index in [2.05, 4.69) is 18.7 Å². The zero-order valence-corrected chi connectivity index (χ0v) is 18.9. The number of benzene rings is 3. The number of aryl methyl sites for hydroxylation is 2. The molecular weight excluding hydrogens is 403 g/mol. The lowest BCUT2D eigenvalue weighted by molar-refractivity contribution is -0.121. The molecule has 0 radical (unpaired) electrons. The number of carbonyl (C=O) groups excluding carboxylic acids is 1. The number of carbonyl (C=O) groups is 1. The van der Waals surface area contributed by atoms with Crippen LogP contribution in [-0.2, 0) is 10.2 Å². The van der Waals surface area contributed by atoms with E-state index in [0.717, 1.165) is 41.0 Å². The summed E-state index contributed by atoms with van der Waals surface area (Å²) in [5.41, 5.74) is 3.89. The standard InChI is InChI=1S/C27H27FN2O2/c1-5-29(6-2)16-30-23-12-9-19(28)15-22(23)27(26(30)31)20-10-7-17(3)13-24(20)32-25-14-18(4)8-11-21(25)27/h7-15H,5-6,16H2,1-4H3. The Hall–Kier alpha value is -3.18. The number of hydrogen-bond donors (Lipinski definition) is 0. The predicted molar refractivity (Wildman–Crippen MR) is 124 cm³/mol. The van der Waals surface area contributed by atoms with E-state index < -0.39 is 5.41 Å². The van der Waals surface area contributed by atoms with Crippen LogP contribution in [0.15, 0.2) is 54.6 Å². The molecule has 1 amide bonds. The van der Waals surface area contributed by atoms with Gasteiger partial charge in [0.2, 0.25) is 5.91 Å². The first-order chi connectivity index (χ1) is 15.4. The Morgan fingerprint density at radius 2 is 1.47 bits per heavy atom. The summed E-state index contributed by atoms with van der Waals surface area (Å²) in [6, 6.07) is 16.5. The topological polar surface area (TPSA) is 32.8 Å². The van der Waals surface area contributed by atoms with Crippen LogP contribution in [0.2, 0.25) is 0 Å². The van der Waals surface area contributed by atoms with Crippen molar-refractivity contribution in [3.05, 3.63) is 88.2 Å². The van der Waals surface area contributed by atoms with Crippen molar-refractivity contribution in [1.82, 2.24) is 4.90 Å². The monoisotopic (exact) mass is 430 g/mol. The molecule has 0 saturated heterocycles. The fourth-order valence-electron chi connectivity index (χ4n) is 5.07. The van der Waals surface area contributed by atoms with Gasteiger partial charge >= 0.3 is 0 Å². The Kier molecular flexibility index (Phi) is 4.82. The molecule has 2 aliphatic rings. The first kappa shape index (κ1) is 20.7. The van der Waals surface area contributed by atoms with Gasteiger partial charge in [-0.2, -0.15) is 0 Å². The van der Waals surface area contributed by atoms with E-state index in [4.69, 9.17) is 4.74 Å². The Morgan fingerprint density at radius 3 is 2.03 bits per heavy atom. The minimum absolute atomic E-state index is 0.0662. The van der Waals surface area contributed by atoms with E-state index in [0.29, 0.717) is 23.7 Å². The highest BCUT2D eigenvalue weighted by Gasteiger charge is 2.57. The Labute approximate surface area is 188 Å². The number of fused-ring (bicyclic) bond motifs is 6. The lowest BCUT2D eigenvalue weighted by atomic mass is 9.68. The predicted octanol–water partition coefficient (Wildman–Crippen LogP) is 5.53. The van der Waals surface area contributed by atoms with Gasteiger partial charge in [-0.3, -0.25) is 14.6 Å². The summed E-state index contributed by atoms with van der Waals surface area (Å²) in [6.07, 6.45) is 0. The Bertz CT molecular complexity index is 1180. The molecular formula is C27H27FN2O2. The quantitative estimate of drug-likeness (QED) is 0.546. The van der Waals surface area contributed by atoms with Crippen LogP contribution in [0, 0.1) is 19.7 Å². The Balaban J connectivity index is 1.84. The second-order valence-electron chi connectivity index (χ2n) is 8.69. The third-order valence-corrected chi connectivity index (χ3v) is 6.76. The number of halogens is 1. The maximum atomic E-state index is 14.7. The van der Waals surface area contributed by atoms with Gasteiger partial charge in [-0.1, -0.05) is 38.1 Å². The van der Waals surface area contributed by atoms with Gasteiger partial charge in [0.15, 0.2) is 0 Å². The third-order valence-electron chi connectivity index (χ3n) is 6.76. The molecule has 2 heterocycles. The Morgan fingerprint density at radius 1 is 0.875 bits per heavy atom.